The predicted molar refractivity (Wildman–Crippen MR) is 247 cm³/mol. The standard InChI is InChI=1S/C54H34N2OS/c1-6-21-47(56-48-22-7-2-16-41(48)42-17-3-8-23-49(42)56)40(15-1)37-14-11-13-36(33-37)35-27-29-38(30-28-35)55(39-31-32-52-46(34-39)43-18-4-9-25-51(43)57-52)50-24-12-20-45-44-19-5-10-26-53(44)58-54(45)50/h1-34H. The molecule has 0 spiro atoms. The summed E-state index contributed by atoms with van der Waals surface area (Å²) in [5.41, 5.74) is 13.4. The number of hydrogen-bond donors (Lipinski definition) is 0. The zero-order chi connectivity index (χ0) is 38.2. The molecule has 0 saturated carbocycles. The van der Waals surface area contributed by atoms with Gasteiger partial charge in [0.05, 0.1) is 27.1 Å². The largest absolute Gasteiger partial charge is 0.456 e. The highest BCUT2D eigenvalue weighted by Gasteiger charge is 2.20. The van der Waals surface area contributed by atoms with Crippen LogP contribution in [0.15, 0.2) is 211 Å². The van der Waals surface area contributed by atoms with Crippen molar-refractivity contribution in [3.63, 3.8) is 0 Å². The summed E-state index contributed by atoms with van der Waals surface area (Å²) in [6.07, 6.45) is 0. The molecule has 0 aliphatic carbocycles. The predicted octanol–water partition coefficient (Wildman–Crippen LogP) is 15.9. The Morgan fingerprint density at radius 3 is 1.84 bits per heavy atom. The Morgan fingerprint density at radius 2 is 1.02 bits per heavy atom. The minimum atomic E-state index is 0.889. The van der Waals surface area contributed by atoms with Gasteiger partial charge in [0.15, 0.2) is 0 Å². The van der Waals surface area contributed by atoms with Crippen molar-refractivity contribution in [1.29, 1.82) is 0 Å². The summed E-state index contributed by atoms with van der Waals surface area (Å²) in [4.78, 5) is 2.40. The first-order valence-electron chi connectivity index (χ1n) is 19.7. The van der Waals surface area contributed by atoms with E-state index in [-0.39, 0.29) is 0 Å². The number of anilines is 3. The average Bonchev–Trinajstić information content (AvgIpc) is 3.97. The van der Waals surface area contributed by atoms with Gasteiger partial charge in [-0.15, -0.1) is 11.3 Å². The third-order valence-electron chi connectivity index (χ3n) is 11.6. The van der Waals surface area contributed by atoms with Gasteiger partial charge < -0.3 is 13.9 Å². The van der Waals surface area contributed by atoms with Gasteiger partial charge in [0.1, 0.15) is 11.2 Å². The van der Waals surface area contributed by atoms with Crippen LogP contribution in [0.25, 0.3) is 91.9 Å². The number of nitrogens with zero attached hydrogens (tertiary/aromatic N) is 2. The van der Waals surface area contributed by atoms with Gasteiger partial charge in [-0.1, -0.05) is 133 Å². The molecule has 0 unspecified atom stereocenters. The number of fused-ring (bicyclic) bond motifs is 9. The van der Waals surface area contributed by atoms with E-state index in [0.717, 1.165) is 44.6 Å². The number of aromatic nitrogens is 1. The molecule has 58 heavy (non-hydrogen) atoms. The summed E-state index contributed by atoms with van der Waals surface area (Å²) in [5, 5.41) is 7.31. The maximum absolute atomic E-state index is 6.26. The topological polar surface area (TPSA) is 21.3 Å². The molecule has 4 heteroatoms. The van der Waals surface area contributed by atoms with Gasteiger partial charge in [0.2, 0.25) is 0 Å². The molecule has 9 aromatic carbocycles. The van der Waals surface area contributed by atoms with E-state index in [1.807, 2.05) is 23.5 Å². The molecule has 0 amide bonds. The number of para-hydroxylation sites is 4. The highest BCUT2D eigenvalue weighted by Crippen LogP contribution is 2.46. The second-order valence-electron chi connectivity index (χ2n) is 14.9. The first kappa shape index (κ1) is 32.8. The van der Waals surface area contributed by atoms with Crippen LogP contribution in [0.3, 0.4) is 0 Å². The van der Waals surface area contributed by atoms with Gasteiger partial charge in [-0.3, -0.25) is 0 Å². The maximum atomic E-state index is 6.26. The number of benzene rings is 9. The zero-order valence-electron chi connectivity index (χ0n) is 31.3. The summed E-state index contributed by atoms with van der Waals surface area (Å²) in [7, 11) is 0. The molecule has 0 aliphatic heterocycles. The van der Waals surface area contributed by atoms with E-state index in [4.69, 9.17) is 4.42 Å². The Kier molecular flexibility index (Phi) is 7.40. The lowest BCUT2D eigenvalue weighted by molar-refractivity contribution is 0.669. The monoisotopic (exact) mass is 758 g/mol. The van der Waals surface area contributed by atoms with Crippen LogP contribution < -0.4 is 4.90 Å². The second kappa shape index (κ2) is 13.1. The van der Waals surface area contributed by atoms with Crippen LogP contribution in [0.1, 0.15) is 0 Å². The van der Waals surface area contributed by atoms with Crippen molar-refractivity contribution in [2.75, 3.05) is 4.90 Å². The van der Waals surface area contributed by atoms with E-state index in [1.54, 1.807) is 0 Å². The fourth-order valence-electron chi connectivity index (χ4n) is 8.95. The number of furan rings is 1. The Labute approximate surface area is 338 Å². The minimum Gasteiger partial charge on any atom is -0.456 e. The van der Waals surface area contributed by atoms with Gasteiger partial charge in [-0.25, -0.2) is 0 Å². The van der Waals surface area contributed by atoms with E-state index in [2.05, 4.69) is 204 Å². The molecule has 272 valence electrons. The van der Waals surface area contributed by atoms with Crippen LogP contribution in [0.2, 0.25) is 0 Å². The third kappa shape index (κ3) is 5.12. The lowest BCUT2D eigenvalue weighted by Gasteiger charge is -2.26. The van der Waals surface area contributed by atoms with Crippen molar-refractivity contribution >= 4 is 92.3 Å². The molecule has 12 aromatic rings. The van der Waals surface area contributed by atoms with E-state index >= 15 is 0 Å². The number of rotatable bonds is 6. The van der Waals surface area contributed by atoms with Crippen molar-refractivity contribution in [1.82, 2.24) is 4.57 Å². The average molecular weight is 759 g/mol. The van der Waals surface area contributed by atoms with Crippen LogP contribution in [-0.4, -0.2) is 4.57 Å². The molecule has 0 radical (unpaired) electrons. The van der Waals surface area contributed by atoms with Crippen LogP contribution in [0, 0.1) is 0 Å². The molecule has 0 N–H and O–H groups in total. The van der Waals surface area contributed by atoms with Crippen molar-refractivity contribution in [3.8, 4) is 27.9 Å². The Balaban J connectivity index is 0.981. The van der Waals surface area contributed by atoms with Crippen LogP contribution in [-0.2, 0) is 0 Å². The molecular formula is C54H34N2OS. The SMILES string of the molecule is c1cc(-c2ccc(N(c3ccc4oc5ccccc5c4c3)c3cccc4c3sc3ccccc34)cc2)cc(-c2ccccc2-n2c3ccccc3c3ccccc32)c1. The van der Waals surface area contributed by atoms with Crippen LogP contribution >= 0.6 is 11.3 Å². The summed E-state index contributed by atoms with van der Waals surface area (Å²) in [6.45, 7) is 0. The highest BCUT2D eigenvalue weighted by molar-refractivity contribution is 7.26. The molecule has 0 fully saturated rings. The van der Waals surface area contributed by atoms with E-state index < -0.39 is 0 Å². The van der Waals surface area contributed by atoms with Crippen molar-refractivity contribution in [2.24, 2.45) is 0 Å². The number of hydrogen-bond acceptors (Lipinski definition) is 3. The fourth-order valence-corrected chi connectivity index (χ4v) is 10.2. The first-order valence-corrected chi connectivity index (χ1v) is 20.5. The van der Waals surface area contributed by atoms with Crippen LogP contribution in [0.5, 0.6) is 0 Å². The van der Waals surface area contributed by atoms with E-state index in [0.29, 0.717) is 0 Å². The molecule has 0 saturated heterocycles. The summed E-state index contributed by atoms with van der Waals surface area (Å²) in [5.74, 6) is 0. The van der Waals surface area contributed by atoms with Gasteiger partial charge in [-0.05, 0) is 89.5 Å². The molecule has 3 nitrogen and oxygen atoms in total. The van der Waals surface area contributed by atoms with Gasteiger partial charge in [-0.2, -0.15) is 0 Å². The van der Waals surface area contributed by atoms with Gasteiger partial charge >= 0.3 is 0 Å². The van der Waals surface area contributed by atoms with E-state index in [9.17, 15) is 0 Å². The van der Waals surface area contributed by atoms with Crippen molar-refractivity contribution in [2.45, 2.75) is 0 Å². The smallest absolute Gasteiger partial charge is 0.135 e. The molecule has 12 rings (SSSR count). The zero-order valence-corrected chi connectivity index (χ0v) is 32.2. The Hall–Kier alpha value is -7.40. The van der Waals surface area contributed by atoms with Crippen molar-refractivity contribution in [3.05, 3.63) is 206 Å². The molecule has 0 atom stereocenters. The number of thiophene rings is 1. The van der Waals surface area contributed by atoms with Crippen LogP contribution in [0.4, 0.5) is 17.1 Å². The lowest BCUT2D eigenvalue weighted by Crippen LogP contribution is -2.10. The quantitative estimate of drug-likeness (QED) is 0.168. The molecule has 0 bridgehead atoms. The minimum absolute atomic E-state index is 0.889. The first-order chi connectivity index (χ1) is 28.8. The summed E-state index contributed by atoms with van der Waals surface area (Å²) < 4.78 is 11.2. The van der Waals surface area contributed by atoms with Crippen molar-refractivity contribution < 1.29 is 4.42 Å². The summed E-state index contributed by atoms with van der Waals surface area (Å²) in [6, 6.07) is 74.5. The fraction of sp³-hybridized carbons (Fsp3) is 0. The van der Waals surface area contributed by atoms with E-state index in [1.165, 1.54) is 64.4 Å². The second-order valence-corrected chi connectivity index (χ2v) is 15.9. The van der Waals surface area contributed by atoms with Gasteiger partial charge in [0, 0.05) is 54.0 Å². The highest BCUT2D eigenvalue weighted by atomic mass is 32.1. The third-order valence-corrected chi connectivity index (χ3v) is 12.8. The molecule has 0 aliphatic rings. The normalized spacial score (nSPS) is 11.8. The summed E-state index contributed by atoms with van der Waals surface area (Å²) >= 11 is 1.85. The Morgan fingerprint density at radius 1 is 0.397 bits per heavy atom. The molecular weight excluding hydrogens is 725 g/mol. The molecule has 3 heterocycles. The lowest BCUT2D eigenvalue weighted by atomic mass is 9.97. The van der Waals surface area contributed by atoms with Gasteiger partial charge in [0.25, 0.3) is 0 Å². The maximum Gasteiger partial charge on any atom is 0.135 e. The Bertz CT molecular complexity index is 3480. The molecule has 3 aromatic heterocycles.